The van der Waals surface area contributed by atoms with Crippen molar-refractivity contribution in [3.63, 3.8) is 0 Å². The number of fused-ring (bicyclic) bond motifs is 3. The number of aromatic hydroxyl groups is 1. The lowest BCUT2D eigenvalue weighted by Crippen LogP contribution is -2.63. The van der Waals surface area contributed by atoms with Gasteiger partial charge in [-0.2, -0.15) is 0 Å². The molecule has 0 saturated heterocycles. The fourth-order valence-electron chi connectivity index (χ4n) is 6.82. The Labute approximate surface area is 254 Å². The number of benzene rings is 2. The summed E-state index contributed by atoms with van der Waals surface area (Å²) in [6, 6.07) is 8.78. The second-order valence-electron chi connectivity index (χ2n) is 12.1. The number of carbonyl (C=O) groups excluding carboxylic acids is 4. The maximum Gasteiger partial charge on any atom is 0.255 e. The maximum atomic E-state index is 14.0. The van der Waals surface area contributed by atoms with Gasteiger partial charge in [-0.05, 0) is 81.8 Å². The molecule has 5 rings (SSSR count). The van der Waals surface area contributed by atoms with E-state index < -0.39 is 58.0 Å². The van der Waals surface area contributed by atoms with Crippen LogP contribution < -0.4 is 11.1 Å². The van der Waals surface area contributed by atoms with Crippen LogP contribution in [0.15, 0.2) is 59.1 Å². The monoisotopic (exact) mass is 604 g/mol. The number of carbonyl (C=O) groups is 4. The van der Waals surface area contributed by atoms with Crippen LogP contribution in [-0.4, -0.2) is 107 Å². The van der Waals surface area contributed by atoms with Gasteiger partial charge in [-0.15, -0.1) is 0 Å². The number of rotatable bonds is 7. The molecule has 4 unspecified atom stereocenters. The number of hydrogen-bond donors (Lipinski definition) is 6. The number of amides is 2. The van der Waals surface area contributed by atoms with Gasteiger partial charge in [0.05, 0.1) is 11.6 Å². The first-order valence-electron chi connectivity index (χ1n) is 14.2. The first-order chi connectivity index (χ1) is 20.7. The highest BCUT2D eigenvalue weighted by Gasteiger charge is 2.63. The lowest BCUT2D eigenvalue weighted by Gasteiger charge is -2.50. The summed E-state index contributed by atoms with van der Waals surface area (Å²) in [4.78, 5) is 55.6. The largest absolute Gasteiger partial charge is 0.510 e. The van der Waals surface area contributed by atoms with Crippen molar-refractivity contribution in [3.05, 3.63) is 75.8 Å². The predicted molar refractivity (Wildman–Crippen MR) is 160 cm³/mol. The normalized spacial score (nSPS) is 24.8. The summed E-state index contributed by atoms with van der Waals surface area (Å²) in [6.07, 6.45) is 0.151. The second kappa shape index (κ2) is 11.2. The number of nitrogens with zero attached hydrogens (tertiary/aromatic N) is 2. The lowest BCUT2D eigenvalue weighted by molar-refractivity contribution is -0.148. The number of aliphatic hydroxyl groups is 3. The highest BCUT2D eigenvalue weighted by Crippen LogP contribution is 2.53. The average molecular weight is 605 g/mol. The summed E-state index contributed by atoms with van der Waals surface area (Å²) in [6.45, 7) is 1.17. The van der Waals surface area contributed by atoms with Crippen molar-refractivity contribution >= 4 is 23.4 Å². The molecule has 3 aliphatic carbocycles. The Bertz CT molecular complexity index is 1640. The molecule has 44 heavy (non-hydrogen) atoms. The van der Waals surface area contributed by atoms with Gasteiger partial charge in [0.2, 0.25) is 5.78 Å². The van der Waals surface area contributed by atoms with Gasteiger partial charge in [-0.3, -0.25) is 24.1 Å². The first kappa shape index (κ1) is 30.9. The third-order valence-corrected chi connectivity index (χ3v) is 8.91. The highest BCUT2D eigenvalue weighted by atomic mass is 16.3. The Balaban J connectivity index is 1.56. The van der Waals surface area contributed by atoms with Crippen LogP contribution in [0.5, 0.6) is 5.75 Å². The minimum absolute atomic E-state index is 0.00703. The molecule has 2 amide bonds. The van der Waals surface area contributed by atoms with Crippen molar-refractivity contribution in [2.75, 3.05) is 41.3 Å². The molecule has 2 aromatic rings. The molecule has 0 spiro atoms. The number of nitrogens with one attached hydrogen (secondary N) is 1. The van der Waals surface area contributed by atoms with Gasteiger partial charge in [0.15, 0.2) is 11.4 Å². The SMILES string of the molecule is CN(C)CCNC(=O)c1ccc(-c2ccc(O)c3c2CC2CC4C(N(C)C)C(O)=C(C(N)=O)C(=O)C4(O)C(O)=C2C3=O)cc1. The van der Waals surface area contributed by atoms with E-state index in [-0.39, 0.29) is 35.6 Å². The Morgan fingerprint density at radius 2 is 1.68 bits per heavy atom. The number of allylic oxidation sites excluding steroid dienone is 1. The fourth-order valence-corrected chi connectivity index (χ4v) is 6.82. The van der Waals surface area contributed by atoms with Crippen molar-refractivity contribution in [2.24, 2.45) is 17.6 Å². The molecule has 0 heterocycles. The quantitative estimate of drug-likeness (QED) is 0.249. The van der Waals surface area contributed by atoms with Crippen LogP contribution in [0.25, 0.3) is 11.1 Å². The fraction of sp³-hybridized carbons (Fsp3) is 0.375. The summed E-state index contributed by atoms with van der Waals surface area (Å²) in [7, 11) is 6.98. The Kier molecular flexibility index (Phi) is 7.87. The molecule has 12 heteroatoms. The molecule has 0 aromatic heterocycles. The van der Waals surface area contributed by atoms with E-state index in [9.17, 15) is 39.6 Å². The number of phenols is 1. The molecule has 3 aliphatic rings. The highest BCUT2D eigenvalue weighted by molar-refractivity contribution is 6.25. The second-order valence-corrected chi connectivity index (χ2v) is 12.1. The van der Waals surface area contributed by atoms with Crippen LogP contribution >= 0.6 is 0 Å². The predicted octanol–water partition coefficient (Wildman–Crippen LogP) is 1.08. The number of likely N-dealkylation sites (N-methyl/N-ethyl adjacent to an activating group) is 2. The van der Waals surface area contributed by atoms with Crippen molar-refractivity contribution in [1.82, 2.24) is 15.1 Å². The Morgan fingerprint density at radius 3 is 2.27 bits per heavy atom. The van der Waals surface area contributed by atoms with Gasteiger partial charge in [0, 0.05) is 30.1 Å². The summed E-state index contributed by atoms with van der Waals surface area (Å²) in [5.74, 6) is -7.21. The maximum absolute atomic E-state index is 14.0. The van der Waals surface area contributed by atoms with Crippen LogP contribution in [0.4, 0.5) is 0 Å². The summed E-state index contributed by atoms with van der Waals surface area (Å²) < 4.78 is 0. The molecular formula is C32H36N4O8. The van der Waals surface area contributed by atoms with E-state index in [4.69, 9.17) is 5.73 Å². The molecule has 12 nitrogen and oxygen atoms in total. The zero-order valence-corrected chi connectivity index (χ0v) is 24.9. The molecule has 0 radical (unpaired) electrons. The molecule has 0 aliphatic heterocycles. The van der Waals surface area contributed by atoms with E-state index in [1.807, 2.05) is 19.0 Å². The first-order valence-corrected chi connectivity index (χ1v) is 14.2. The molecular weight excluding hydrogens is 568 g/mol. The minimum Gasteiger partial charge on any atom is -0.510 e. The number of phenolic OH excluding ortho intramolecular Hbond substituents is 1. The van der Waals surface area contributed by atoms with Crippen molar-refractivity contribution in [3.8, 4) is 16.9 Å². The van der Waals surface area contributed by atoms with E-state index in [1.54, 1.807) is 44.4 Å². The molecule has 7 N–H and O–H groups in total. The molecule has 2 aromatic carbocycles. The van der Waals surface area contributed by atoms with Crippen LogP contribution in [0.2, 0.25) is 0 Å². The number of ketones is 2. The van der Waals surface area contributed by atoms with E-state index in [1.165, 1.54) is 11.0 Å². The van der Waals surface area contributed by atoms with Crippen LogP contribution in [0.3, 0.4) is 0 Å². The van der Waals surface area contributed by atoms with E-state index in [0.29, 0.717) is 35.3 Å². The molecule has 4 atom stereocenters. The Hall–Kier alpha value is -4.52. The van der Waals surface area contributed by atoms with Gasteiger partial charge in [0.25, 0.3) is 11.8 Å². The van der Waals surface area contributed by atoms with Gasteiger partial charge in [-0.1, -0.05) is 18.2 Å². The standard InChI is InChI=1S/C32H36N4O8/c1-35(2)12-11-34-31(43)16-7-5-15(6-8-16)18-9-10-21(37)23-19(18)13-17-14-20-25(36(3)4)27(39)24(30(33)42)29(41)32(20,44)28(40)22(17)26(23)38/h5-10,17,20,25,37,39-40,44H,11-14H2,1-4H3,(H2,33,42)(H,34,43). The molecule has 0 saturated carbocycles. The average Bonchev–Trinajstić information content (AvgIpc) is 2.94. The topological polar surface area (TPSA) is 194 Å². The molecule has 232 valence electrons. The van der Waals surface area contributed by atoms with Crippen LogP contribution in [-0.2, 0) is 16.0 Å². The summed E-state index contributed by atoms with van der Waals surface area (Å²) in [5, 5.41) is 47.8. The van der Waals surface area contributed by atoms with Gasteiger partial charge < -0.3 is 36.4 Å². The number of hydrogen-bond acceptors (Lipinski definition) is 10. The van der Waals surface area contributed by atoms with Gasteiger partial charge >= 0.3 is 0 Å². The van der Waals surface area contributed by atoms with Gasteiger partial charge in [-0.25, -0.2) is 0 Å². The van der Waals surface area contributed by atoms with Crippen LogP contribution in [0, 0.1) is 11.8 Å². The van der Waals surface area contributed by atoms with Crippen molar-refractivity contribution in [2.45, 2.75) is 24.5 Å². The van der Waals surface area contributed by atoms with Crippen LogP contribution in [0.1, 0.15) is 32.7 Å². The third kappa shape index (κ3) is 4.75. The van der Waals surface area contributed by atoms with E-state index >= 15 is 0 Å². The van der Waals surface area contributed by atoms with E-state index in [0.717, 1.165) is 0 Å². The van der Waals surface area contributed by atoms with Gasteiger partial charge in [0.1, 0.15) is 22.8 Å². The third-order valence-electron chi connectivity index (χ3n) is 8.91. The Morgan fingerprint density at radius 1 is 1.02 bits per heavy atom. The number of aliphatic hydroxyl groups excluding tert-OH is 2. The number of Topliss-reactive ketones (excluding diaryl/α,β-unsaturated/α-hetero) is 2. The zero-order valence-electron chi connectivity index (χ0n) is 24.9. The molecule has 0 fully saturated rings. The lowest BCUT2D eigenvalue weighted by atomic mass is 9.58. The number of nitrogens with two attached hydrogens (primary N) is 1. The summed E-state index contributed by atoms with van der Waals surface area (Å²) in [5.41, 5.74) is 3.83. The van der Waals surface area contributed by atoms with Crippen molar-refractivity contribution in [1.29, 1.82) is 0 Å². The zero-order chi connectivity index (χ0) is 32.2. The number of primary amides is 1. The van der Waals surface area contributed by atoms with E-state index in [2.05, 4.69) is 5.32 Å². The molecule has 0 bridgehead atoms. The smallest absolute Gasteiger partial charge is 0.255 e. The summed E-state index contributed by atoms with van der Waals surface area (Å²) >= 11 is 0. The van der Waals surface area contributed by atoms with Crippen molar-refractivity contribution < 1.29 is 39.6 Å². The minimum atomic E-state index is -2.69.